The number of aromatic nitrogens is 2. The fourth-order valence-corrected chi connectivity index (χ4v) is 4.29. The summed E-state index contributed by atoms with van der Waals surface area (Å²) in [5, 5.41) is 3.86. The fraction of sp³-hybridized carbons (Fsp3) is 0.292. The molecular formula is C24H26N4O3S. The maximum atomic E-state index is 12.4. The van der Waals surface area contributed by atoms with E-state index in [0.717, 1.165) is 22.8 Å². The summed E-state index contributed by atoms with van der Waals surface area (Å²) in [7, 11) is 0. The molecule has 0 bridgehead atoms. The number of rotatable bonds is 8. The van der Waals surface area contributed by atoms with Crippen LogP contribution in [-0.4, -0.2) is 45.3 Å². The molecule has 1 aromatic carbocycles. The Balaban J connectivity index is 1.74. The molecule has 3 aromatic rings. The minimum absolute atomic E-state index is 0.0577. The summed E-state index contributed by atoms with van der Waals surface area (Å²) in [4.78, 5) is 18.8. The maximum absolute atomic E-state index is 12.4. The molecule has 0 spiro atoms. The van der Waals surface area contributed by atoms with Crippen LogP contribution in [0.25, 0.3) is 5.69 Å². The highest BCUT2D eigenvalue weighted by Gasteiger charge is 2.42. The molecule has 2 atom stereocenters. The Labute approximate surface area is 193 Å². The molecule has 8 heteroatoms. The normalized spacial score (nSPS) is 17.8. The van der Waals surface area contributed by atoms with Crippen molar-refractivity contribution in [3.63, 3.8) is 0 Å². The third-order valence-corrected chi connectivity index (χ3v) is 5.66. The van der Waals surface area contributed by atoms with Crippen molar-refractivity contribution in [3.05, 3.63) is 78.4 Å². The molecule has 1 aliphatic rings. The molecule has 2 aromatic heterocycles. The van der Waals surface area contributed by atoms with Crippen molar-refractivity contribution in [3.8, 4) is 11.4 Å². The van der Waals surface area contributed by atoms with Gasteiger partial charge in [-0.1, -0.05) is 6.07 Å². The third-order valence-electron chi connectivity index (χ3n) is 5.31. The van der Waals surface area contributed by atoms with E-state index in [1.165, 1.54) is 0 Å². The van der Waals surface area contributed by atoms with Crippen LogP contribution in [0, 0.1) is 0 Å². The van der Waals surface area contributed by atoms with Gasteiger partial charge >= 0.3 is 5.97 Å². The smallest absolute Gasteiger partial charge is 0.325 e. The third kappa shape index (κ3) is 4.45. The van der Waals surface area contributed by atoms with Crippen LogP contribution in [0.1, 0.15) is 37.3 Å². The first-order valence-electron chi connectivity index (χ1n) is 10.7. The Morgan fingerprint density at radius 2 is 1.91 bits per heavy atom. The summed E-state index contributed by atoms with van der Waals surface area (Å²) in [6, 6.07) is 17.3. The lowest BCUT2D eigenvalue weighted by molar-refractivity contribution is -0.143. The largest absolute Gasteiger partial charge is 0.494 e. The molecule has 166 valence electrons. The van der Waals surface area contributed by atoms with Crippen molar-refractivity contribution < 1.29 is 14.3 Å². The van der Waals surface area contributed by atoms with E-state index in [1.54, 1.807) is 13.1 Å². The van der Waals surface area contributed by atoms with Crippen LogP contribution in [0.5, 0.6) is 5.75 Å². The van der Waals surface area contributed by atoms with Gasteiger partial charge in [0, 0.05) is 23.8 Å². The standard InChI is InChI=1S/C24H26N4O3S/c1-3-30-18-12-10-17(11-13-18)27-15-7-9-20(27)23-22(19-8-5-6-14-25-19)26-24(32)28(23)16-21(29)31-4-2/h5-15,22-23H,3-4,16H2,1-2H3,(H,26,32)/t22-,23+/m0/s1. The zero-order valence-corrected chi connectivity index (χ0v) is 18.9. The molecule has 32 heavy (non-hydrogen) atoms. The van der Waals surface area contributed by atoms with Gasteiger partial charge in [0.15, 0.2) is 5.11 Å². The number of ether oxygens (including phenoxy) is 2. The second-order valence-corrected chi connectivity index (χ2v) is 7.68. The Bertz CT molecular complexity index is 1070. The second kappa shape index (κ2) is 9.82. The highest BCUT2D eigenvalue weighted by molar-refractivity contribution is 7.80. The van der Waals surface area contributed by atoms with E-state index in [4.69, 9.17) is 21.7 Å². The average Bonchev–Trinajstić information content (AvgIpc) is 3.40. The van der Waals surface area contributed by atoms with Crippen LogP contribution in [0.3, 0.4) is 0 Å². The average molecular weight is 451 g/mol. The number of hydrogen-bond donors (Lipinski definition) is 1. The molecule has 4 rings (SSSR count). The minimum Gasteiger partial charge on any atom is -0.494 e. The topological polar surface area (TPSA) is 68.6 Å². The predicted octanol–water partition coefficient (Wildman–Crippen LogP) is 3.81. The first-order chi connectivity index (χ1) is 15.6. The van der Waals surface area contributed by atoms with E-state index in [2.05, 4.69) is 14.9 Å². The number of hydrogen-bond acceptors (Lipinski definition) is 5. The molecule has 1 N–H and O–H groups in total. The van der Waals surface area contributed by atoms with E-state index in [9.17, 15) is 4.79 Å². The van der Waals surface area contributed by atoms with E-state index in [-0.39, 0.29) is 24.6 Å². The van der Waals surface area contributed by atoms with Crippen molar-refractivity contribution in [1.82, 2.24) is 19.8 Å². The molecule has 1 fully saturated rings. The van der Waals surface area contributed by atoms with Gasteiger partial charge in [0.1, 0.15) is 12.3 Å². The number of esters is 1. The summed E-state index contributed by atoms with van der Waals surface area (Å²) >= 11 is 5.63. The summed E-state index contributed by atoms with van der Waals surface area (Å²) < 4.78 is 12.9. The molecule has 0 amide bonds. The Hall–Kier alpha value is -3.39. The SMILES string of the molecule is CCOC(=O)CN1C(=S)N[C@@H](c2ccccn2)[C@H]1c1cccn1-c1ccc(OCC)cc1. The van der Waals surface area contributed by atoms with E-state index in [1.807, 2.05) is 72.6 Å². The van der Waals surface area contributed by atoms with Crippen molar-refractivity contribution >= 4 is 23.3 Å². The van der Waals surface area contributed by atoms with Crippen molar-refractivity contribution in [1.29, 1.82) is 0 Å². The molecule has 0 radical (unpaired) electrons. The van der Waals surface area contributed by atoms with E-state index < -0.39 is 0 Å². The number of nitrogens with zero attached hydrogens (tertiary/aromatic N) is 3. The van der Waals surface area contributed by atoms with Gasteiger partial charge in [0.05, 0.1) is 31.0 Å². The van der Waals surface area contributed by atoms with Gasteiger partial charge in [-0.25, -0.2) is 0 Å². The molecule has 0 saturated carbocycles. The summed E-state index contributed by atoms with van der Waals surface area (Å²) in [6.07, 6.45) is 3.76. The van der Waals surface area contributed by atoms with Gasteiger partial charge in [-0.15, -0.1) is 0 Å². The molecule has 1 aliphatic heterocycles. The van der Waals surface area contributed by atoms with E-state index >= 15 is 0 Å². The fourth-order valence-electron chi connectivity index (χ4n) is 3.98. The van der Waals surface area contributed by atoms with Crippen molar-refractivity contribution in [2.75, 3.05) is 19.8 Å². The lowest BCUT2D eigenvalue weighted by atomic mass is 10.0. The zero-order valence-electron chi connectivity index (χ0n) is 18.1. The number of carbonyl (C=O) groups excluding carboxylic acids is 1. The Kier molecular flexibility index (Phi) is 6.70. The quantitative estimate of drug-likeness (QED) is 0.413. The minimum atomic E-state index is -0.317. The second-order valence-electron chi connectivity index (χ2n) is 7.29. The number of thiocarbonyl (C=S) groups is 1. The van der Waals surface area contributed by atoms with Gasteiger partial charge in [0.25, 0.3) is 0 Å². The lowest BCUT2D eigenvalue weighted by Crippen LogP contribution is -2.36. The van der Waals surface area contributed by atoms with Gasteiger partial charge in [0.2, 0.25) is 0 Å². The lowest BCUT2D eigenvalue weighted by Gasteiger charge is -2.28. The highest BCUT2D eigenvalue weighted by Crippen LogP contribution is 2.39. The van der Waals surface area contributed by atoms with Crippen LogP contribution in [0.15, 0.2) is 67.0 Å². The monoisotopic (exact) mass is 450 g/mol. The summed E-state index contributed by atoms with van der Waals surface area (Å²) in [5.41, 5.74) is 2.83. The highest BCUT2D eigenvalue weighted by atomic mass is 32.1. The van der Waals surface area contributed by atoms with Gasteiger partial charge < -0.3 is 24.3 Å². The van der Waals surface area contributed by atoms with Gasteiger partial charge in [-0.2, -0.15) is 0 Å². The predicted molar refractivity (Wildman–Crippen MR) is 126 cm³/mol. The zero-order chi connectivity index (χ0) is 22.5. The van der Waals surface area contributed by atoms with Crippen LogP contribution >= 0.6 is 12.2 Å². The molecule has 0 unspecified atom stereocenters. The Morgan fingerprint density at radius 3 is 2.59 bits per heavy atom. The first kappa shape index (κ1) is 21.8. The first-order valence-corrected chi connectivity index (χ1v) is 11.1. The van der Waals surface area contributed by atoms with Crippen LogP contribution in [0.4, 0.5) is 0 Å². The van der Waals surface area contributed by atoms with Crippen LogP contribution in [-0.2, 0) is 9.53 Å². The van der Waals surface area contributed by atoms with E-state index in [0.29, 0.717) is 18.3 Å². The van der Waals surface area contributed by atoms with Gasteiger partial charge in [-0.3, -0.25) is 9.78 Å². The number of pyridine rings is 1. The van der Waals surface area contributed by atoms with Crippen LogP contribution in [0.2, 0.25) is 0 Å². The summed E-state index contributed by atoms with van der Waals surface area (Å²) in [6.45, 7) is 4.76. The van der Waals surface area contributed by atoms with Crippen LogP contribution < -0.4 is 10.1 Å². The summed E-state index contributed by atoms with van der Waals surface area (Å²) in [5.74, 6) is 0.506. The maximum Gasteiger partial charge on any atom is 0.325 e. The molecule has 7 nitrogen and oxygen atoms in total. The molecule has 0 aliphatic carbocycles. The van der Waals surface area contributed by atoms with Crippen molar-refractivity contribution in [2.45, 2.75) is 25.9 Å². The number of nitrogens with one attached hydrogen (secondary N) is 1. The molecular weight excluding hydrogens is 424 g/mol. The van der Waals surface area contributed by atoms with Crippen molar-refractivity contribution in [2.24, 2.45) is 0 Å². The number of benzene rings is 1. The molecule has 1 saturated heterocycles. The Morgan fingerprint density at radius 1 is 1.09 bits per heavy atom. The molecule has 3 heterocycles. The number of carbonyl (C=O) groups is 1. The van der Waals surface area contributed by atoms with Gasteiger partial charge in [-0.05, 0) is 74.6 Å².